The van der Waals surface area contributed by atoms with E-state index in [1.807, 2.05) is 0 Å². The van der Waals surface area contributed by atoms with Crippen LogP contribution in [0.25, 0.3) is 0 Å². The highest BCUT2D eigenvalue weighted by molar-refractivity contribution is 6.33. The predicted molar refractivity (Wildman–Crippen MR) is 98.3 cm³/mol. The first-order valence-corrected chi connectivity index (χ1v) is 8.58. The van der Waals surface area contributed by atoms with E-state index in [9.17, 15) is 18.8 Å². The molecule has 0 aliphatic carbocycles. The first-order chi connectivity index (χ1) is 12.9. The molecule has 6 nitrogen and oxygen atoms in total. The molecule has 0 unspecified atom stereocenters. The van der Waals surface area contributed by atoms with Gasteiger partial charge in [0.05, 0.1) is 16.4 Å². The second-order valence-corrected chi connectivity index (χ2v) is 6.46. The van der Waals surface area contributed by atoms with Gasteiger partial charge in [0.15, 0.2) is 6.61 Å². The average molecular weight is 391 g/mol. The molecular weight excluding hydrogens is 375 g/mol. The summed E-state index contributed by atoms with van der Waals surface area (Å²) in [6, 6.07) is 10.2. The van der Waals surface area contributed by atoms with Crippen molar-refractivity contribution in [1.82, 2.24) is 0 Å². The number of nitrogens with one attached hydrogen (secondary N) is 1. The molecule has 0 fully saturated rings. The number of hydrogen-bond donors (Lipinski definition) is 1. The Morgan fingerprint density at radius 2 is 2.00 bits per heavy atom. The largest absolute Gasteiger partial charge is 0.452 e. The summed E-state index contributed by atoms with van der Waals surface area (Å²) in [5.74, 6) is -2.62. The highest BCUT2D eigenvalue weighted by Crippen LogP contribution is 2.31. The van der Waals surface area contributed by atoms with Gasteiger partial charge in [-0.25, -0.2) is 9.18 Å². The van der Waals surface area contributed by atoms with E-state index < -0.39 is 35.9 Å². The van der Waals surface area contributed by atoms with E-state index >= 15 is 0 Å². The van der Waals surface area contributed by atoms with Gasteiger partial charge in [-0.2, -0.15) is 0 Å². The number of halogens is 2. The van der Waals surface area contributed by atoms with Crippen molar-refractivity contribution >= 4 is 40.8 Å². The van der Waals surface area contributed by atoms with Crippen molar-refractivity contribution in [2.24, 2.45) is 0 Å². The summed E-state index contributed by atoms with van der Waals surface area (Å²) in [5, 5.41) is 2.63. The molecule has 2 amide bonds. The molecule has 1 aliphatic rings. The minimum Gasteiger partial charge on any atom is -0.452 e. The van der Waals surface area contributed by atoms with Gasteiger partial charge in [0, 0.05) is 12.5 Å². The molecule has 0 aromatic heterocycles. The van der Waals surface area contributed by atoms with Crippen LogP contribution in [0.4, 0.5) is 15.8 Å². The lowest BCUT2D eigenvalue weighted by molar-refractivity contribution is -0.122. The zero-order valence-corrected chi connectivity index (χ0v) is 15.1. The quantitative estimate of drug-likeness (QED) is 0.815. The number of carbonyl (C=O) groups is 3. The monoisotopic (exact) mass is 390 g/mol. The van der Waals surface area contributed by atoms with Gasteiger partial charge < -0.3 is 15.0 Å². The zero-order chi connectivity index (χ0) is 19.6. The fourth-order valence-electron chi connectivity index (χ4n) is 2.93. The van der Waals surface area contributed by atoms with Crippen LogP contribution in [-0.2, 0) is 14.3 Å². The maximum Gasteiger partial charge on any atom is 0.343 e. The number of benzene rings is 2. The highest BCUT2D eigenvalue weighted by atomic mass is 35.5. The third-order valence-corrected chi connectivity index (χ3v) is 4.44. The molecule has 1 atom stereocenters. The van der Waals surface area contributed by atoms with E-state index in [1.54, 1.807) is 31.2 Å². The topological polar surface area (TPSA) is 75.7 Å². The van der Waals surface area contributed by atoms with Crippen molar-refractivity contribution in [3.8, 4) is 0 Å². The Balaban J connectivity index is 1.79. The van der Waals surface area contributed by atoms with E-state index in [2.05, 4.69) is 5.32 Å². The van der Waals surface area contributed by atoms with Crippen LogP contribution in [0.1, 0.15) is 23.7 Å². The summed E-state index contributed by atoms with van der Waals surface area (Å²) in [6.07, 6.45) is 0.0908. The molecule has 0 saturated carbocycles. The second-order valence-electron chi connectivity index (χ2n) is 6.06. The van der Waals surface area contributed by atoms with Gasteiger partial charge >= 0.3 is 5.97 Å². The number of nitrogens with zero attached hydrogens (tertiary/aromatic N) is 1. The van der Waals surface area contributed by atoms with Crippen molar-refractivity contribution in [1.29, 1.82) is 0 Å². The molecule has 1 heterocycles. The lowest BCUT2D eigenvalue weighted by Crippen LogP contribution is -2.41. The lowest BCUT2D eigenvalue weighted by atomic mass is 10.1. The van der Waals surface area contributed by atoms with Crippen LogP contribution in [0.15, 0.2) is 42.5 Å². The second kappa shape index (κ2) is 7.75. The molecule has 8 heteroatoms. The molecule has 2 aromatic rings. The Hall–Kier alpha value is -2.93. The summed E-state index contributed by atoms with van der Waals surface area (Å²) >= 11 is 5.83. The summed E-state index contributed by atoms with van der Waals surface area (Å²) in [7, 11) is 0. The number of rotatable bonds is 3. The Labute approximate surface area is 159 Å². The Bertz CT molecular complexity index is 898. The summed E-state index contributed by atoms with van der Waals surface area (Å²) in [6.45, 7) is 1.10. The van der Waals surface area contributed by atoms with Gasteiger partial charge in [0.25, 0.3) is 5.91 Å². The molecule has 0 spiro atoms. The SMILES string of the molecule is C[C@@H]1CC(=O)Nc2ccccc2N1C(=O)COC(=O)c1c(F)cccc1Cl. The van der Waals surface area contributed by atoms with Crippen molar-refractivity contribution in [2.75, 3.05) is 16.8 Å². The third-order valence-electron chi connectivity index (χ3n) is 4.12. The molecule has 0 saturated heterocycles. The van der Waals surface area contributed by atoms with Crippen molar-refractivity contribution in [3.63, 3.8) is 0 Å². The smallest absolute Gasteiger partial charge is 0.343 e. The summed E-state index contributed by atoms with van der Waals surface area (Å²) in [4.78, 5) is 38.2. The minimum absolute atomic E-state index is 0.0908. The number of carbonyl (C=O) groups excluding carboxylic acids is 3. The van der Waals surface area contributed by atoms with Crippen LogP contribution in [0, 0.1) is 5.82 Å². The van der Waals surface area contributed by atoms with Gasteiger partial charge in [0.1, 0.15) is 11.4 Å². The van der Waals surface area contributed by atoms with Gasteiger partial charge in [0.2, 0.25) is 5.91 Å². The van der Waals surface area contributed by atoms with Crippen molar-refractivity contribution in [2.45, 2.75) is 19.4 Å². The third kappa shape index (κ3) is 3.93. The molecular formula is C19H16ClFN2O4. The fourth-order valence-corrected chi connectivity index (χ4v) is 3.17. The van der Waals surface area contributed by atoms with Crippen molar-refractivity contribution < 1.29 is 23.5 Å². The molecule has 2 aromatic carbocycles. The molecule has 27 heavy (non-hydrogen) atoms. The van der Waals surface area contributed by atoms with E-state index in [-0.39, 0.29) is 17.4 Å². The lowest BCUT2D eigenvalue weighted by Gasteiger charge is -2.27. The number of amides is 2. The standard InChI is InChI=1S/C19H16ClFN2O4/c1-11-9-16(24)22-14-7-2-3-8-15(14)23(11)17(25)10-27-19(26)18-12(20)5-4-6-13(18)21/h2-8,11H,9-10H2,1H3,(H,22,24)/t11-/m1/s1. The van der Waals surface area contributed by atoms with Crippen LogP contribution in [0.2, 0.25) is 5.02 Å². The zero-order valence-electron chi connectivity index (χ0n) is 14.4. The van der Waals surface area contributed by atoms with Gasteiger partial charge in [-0.3, -0.25) is 9.59 Å². The van der Waals surface area contributed by atoms with Gasteiger partial charge in [-0.05, 0) is 31.2 Å². The van der Waals surface area contributed by atoms with Crippen LogP contribution in [0.3, 0.4) is 0 Å². The minimum atomic E-state index is -1.03. The van der Waals surface area contributed by atoms with Crippen LogP contribution in [-0.4, -0.2) is 30.4 Å². The molecule has 1 aliphatic heterocycles. The summed E-state index contributed by atoms with van der Waals surface area (Å²) < 4.78 is 18.8. The first-order valence-electron chi connectivity index (χ1n) is 8.20. The van der Waals surface area contributed by atoms with E-state index in [0.29, 0.717) is 11.4 Å². The molecule has 0 bridgehead atoms. The molecule has 3 rings (SSSR count). The molecule has 1 N–H and O–H groups in total. The number of para-hydroxylation sites is 2. The van der Waals surface area contributed by atoms with Crippen LogP contribution >= 0.6 is 11.6 Å². The molecule has 140 valence electrons. The fraction of sp³-hybridized carbons (Fsp3) is 0.211. The summed E-state index contributed by atoms with van der Waals surface area (Å²) in [5.41, 5.74) is 0.567. The van der Waals surface area contributed by atoms with E-state index in [4.69, 9.17) is 16.3 Å². The maximum atomic E-state index is 13.8. The molecule has 0 radical (unpaired) electrons. The highest BCUT2D eigenvalue weighted by Gasteiger charge is 2.30. The Morgan fingerprint density at radius 1 is 1.26 bits per heavy atom. The van der Waals surface area contributed by atoms with Crippen LogP contribution < -0.4 is 10.2 Å². The van der Waals surface area contributed by atoms with Gasteiger partial charge in [-0.15, -0.1) is 0 Å². The number of fused-ring (bicyclic) bond motifs is 1. The Kier molecular flexibility index (Phi) is 5.41. The van der Waals surface area contributed by atoms with E-state index in [0.717, 1.165) is 6.07 Å². The van der Waals surface area contributed by atoms with Gasteiger partial charge in [-0.1, -0.05) is 29.8 Å². The van der Waals surface area contributed by atoms with Crippen molar-refractivity contribution in [3.05, 3.63) is 58.9 Å². The maximum absolute atomic E-state index is 13.8. The predicted octanol–water partition coefficient (Wildman–Crippen LogP) is 3.40. The number of ether oxygens (including phenoxy) is 1. The number of hydrogen-bond acceptors (Lipinski definition) is 4. The number of anilines is 2. The number of esters is 1. The average Bonchev–Trinajstić information content (AvgIpc) is 2.73. The Morgan fingerprint density at radius 3 is 2.74 bits per heavy atom. The normalized spacial score (nSPS) is 16.2. The van der Waals surface area contributed by atoms with Crippen LogP contribution in [0.5, 0.6) is 0 Å². The first kappa shape index (κ1) is 18.8. The van der Waals surface area contributed by atoms with E-state index in [1.165, 1.54) is 17.0 Å².